The Balaban J connectivity index is 2.54. The lowest BCUT2D eigenvalue weighted by Crippen LogP contribution is -2.26. The molecule has 0 aliphatic carbocycles. The molecule has 0 saturated carbocycles. The van der Waals surface area contributed by atoms with E-state index in [-0.39, 0.29) is 11.9 Å². The molecule has 0 heterocycles. The lowest BCUT2D eigenvalue weighted by molar-refractivity contribution is 0.462. The molecular weight excluding hydrogens is 298 g/mol. The first-order valence-corrected chi connectivity index (χ1v) is 8.09. The number of nitrogens with zero attached hydrogens (tertiary/aromatic N) is 2. The standard InChI is InChI=1S/C16H26ClN5/c1-3-5-6-12(4-2)11-20-15(18)22-16(19)21-14-9-7-13(17)8-10-14/h7-10,12H,3-6,11H2,1-2H3,(H5,18,19,20,21,22)/t12-/m1/s1. The van der Waals surface area contributed by atoms with Crippen LogP contribution in [0.15, 0.2) is 34.3 Å². The van der Waals surface area contributed by atoms with Crippen molar-refractivity contribution in [1.29, 1.82) is 0 Å². The van der Waals surface area contributed by atoms with Crippen LogP contribution >= 0.6 is 11.6 Å². The zero-order valence-corrected chi connectivity index (χ0v) is 14.1. The second-order valence-electron chi connectivity index (χ2n) is 5.24. The van der Waals surface area contributed by atoms with Gasteiger partial charge in [-0.05, 0) is 36.6 Å². The number of aliphatic imine (C=N–C) groups is 2. The Morgan fingerprint density at radius 2 is 1.91 bits per heavy atom. The molecule has 0 aliphatic heterocycles. The molecule has 0 spiro atoms. The minimum Gasteiger partial charge on any atom is -0.369 e. The summed E-state index contributed by atoms with van der Waals surface area (Å²) in [5.41, 5.74) is 12.4. The number of hydrogen-bond donors (Lipinski definition) is 3. The van der Waals surface area contributed by atoms with E-state index in [1.165, 1.54) is 19.3 Å². The van der Waals surface area contributed by atoms with Crippen LogP contribution in [0.25, 0.3) is 0 Å². The van der Waals surface area contributed by atoms with E-state index in [1.807, 2.05) is 12.1 Å². The van der Waals surface area contributed by atoms with Crippen LogP contribution in [0.1, 0.15) is 39.5 Å². The third-order valence-corrected chi connectivity index (χ3v) is 3.66. The maximum atomic E-state index is 5.82. The Labute approximate surface area is 137 Å². The molecule has 1 aromatic rings. The van der Waals surface area contributed by atoms with E-state index in [0.29, 0.717) is 17.5 Å². The normalized spacial score (nSPS) is 14.0. The molecule has 0 bridgehead atoms. The molecule has 0 aliphatic rings. The number of guanidine groups is 2. The highest BCUT2D eigenvalue weighted by Gasteiger charge is 2.05. The summed E-state index contributed by atoms with van der Waals surface area (Å²) in [6.07, 6.45) is 4.69. The molecule has 1 atom stereocenters. The Hall–Kier alpha value is -1.75. The van der Waals surface area contributed by atoms with Gasteiger partial charge in [0, 0.05) is 17.3 Å². The van der Waals surface area contributed by atoms with Crippen LogP contribution in [0, 0.1) is 5.92 Å². The van der Waals surface area contributed by atoms with Gasteiger partial charge in [0.25, 0.3) is 0 Å². The Morgan fingerprint density at radius 3 is 2.50 bits per heavy atom. The van der Waals surface area contributed by atoms with Gasteiger partial charge in [-0.25, -0.2) is 0 Å². The third kappa shape index (κ3) is 7.31. The molecule has 0 radical (unpaired) electrons. The second kappa shape index (κ2) is 10.1. The minimum absolute atomic E-state index is 0.203. The average molecular weight is 324 g/mol. The van der Waals surface area contributed by atoms with E-state index in [2.05, 4.69) is 29.1 Å². The van der Waals surface area contributed by atoms with Crippen LogP contribution in [0.4, 0.5) is 5.69 Å². The van der Waals surface area contributed by atoms with Crippen LogP contribution in [0.2, 0.25) is 5.02 Å². The van der Waals surface area contributed by atoms with Crippen LogP contribution in [-0.2, 0) is 0 Å². The lowest BCUT2D eigenvalue weighted by atomic mass is 10.00. The summed E-state index contributed by atoms with van der Waals surface area (Å²) in [5, 5.41) is 3.61. The van der Waals surface area contributed by atoms with Gasteiger partial charge >= 0.3 is 0 Å². The SMILES string of the molecule is CCCC[C@@H](CC)CN=C(N)N=C(N)Nc1ccc(Cl)cc1. The number of unbranched alkanes of at least 4 members (excludes halogenated alkanes) is 1. The maximum Gasteiger partial charge on any atom is 0.218 e. The molecular formula is C16H26ClN5. The number of anilines is 1. The Kier molecular flexibility index (Phi) is 8.36. The van der Waals surface area contributed by atoms with Gasteiger partial charge in [-0.1, -0.05) is 44.7 Å². The predicted molar refractivity (Wildman–Crippen MR) is 96.5 cm³/mol. The van der Waals surface area contributed by atoms with Crippen molar-refractivity contribution in [2.45, 2.75) is 39.5 Å². The average Bonchev–Trinajstić information content (AvgIpc) is 2.49. The molecule has 1 aromatic carbocycles. The van der Waals surface area contributed by atoms with Gasteiger partial charge in [-0.3, -0.25) is 4.99 Å². The lowest BCUT2D eigenvalue weighted by Gasteiger charge is -2.11. The van der Waals surface area contributed by atoms with Crippen molar-refractivity contribution in [3.8, 4) is 0 Å². The summed E-state index contributed by atoms with van der Waals surface area (Å²) in [7, 11) is 0. The van der Waals surface area contributed by atoms with Gasteiger partial charge in [0.1, 0.15) is 0 Å². The van der Waals surface area contributed by atoms with Gasteiger partial charge < -0.3 is 16.8 Å². The fourth-order valence-corrected chi connectivity index (χ4v) is 2.13. The van der Waals surface area contributed by atoms with Crippen molar-refractivity contribution >= 4 is 29.2 Å². The second-order valence-corrected chi connectivity index (χ2v) is 5.68. The van der Waals surface area contributed by atoms with Crippen molar-refractivity contribution in [2.24, 2.45) is 27.4 Å². The number of hydrogen-bond acceptors (Lipinski definition) is 1. The number of nitrogens with two attached hydrogens (primary N) is 2. The first-order valence-electron chi connectivity index (χ1n) is 7.71. The number of rotatable bonds is 7. The summed E-state index contributed by atoms with van der Waals surface area (Å²) in [6.45, 7) is 5.06. The van der Waals surface area contributed by atoms with Gasteiger partial charge in [0.2, 0.25) is 11.9 Å². The van der Waals surface area contributed by atoms with E-state index < -0.39 is 0 Å². The van der Waals surface area contributed by atoms with E-state index in [4.69, 9.17) is 23.1 Å². The largest absolute Gasteiger partial charge is 0.369 e. The highest BCUT2D eigenvalue weighted by Crippen LogP contribution is 2.13. The van der Waals surface area contributed by atoms with Crippen molar-refractivity contribution in [2.75, 3.05) is 11.9 Å². The Morgan fingerprint density at radius 1 is 1.23 bits per heavy atom. The van der Waals surface area contributed by atoms with Gasteiger partial charge in [-0.2, -0.15) is 4.99 Å². The molecule has 5 N–H and O–H groups in total. The fraction of sp³-hybridized carbons (Fsp3) is 0.500. The quantitative estimate of drug-likeness (QED) is 0.529. The molecule has 1 rings (SSSR count). The zero-order chi connectivity index (χ0) is 16.4. The number of nitrogens with one attached hydrogen (secondary N) is 1. The van der Waals surface area contributed by atoms with E-state index in [9.17, 15) is 0 Å². The van der Waals surface area contributed by atoms with Crippen LogP contribution in [0.3, 0.4) is 0 Å². The summed E-state index contributed by atoms with van der Waals surface area (Å²) >= 11 is 5.82. The summed E-state index contributed by atoms with van der Waals surface area (Å²) in [6, 6.07) is 7.17. The highest BCUT2D eigenvalue weighted by molar-refractivity contribution is 6.30. The van der Waals surface area contributed by atoms with Crippen LogP contribution in [0.5, 0.6) is 0 Å². The number of benzene rings is 1. The molecule has 0 aromatic heterocycles. The topological polar surface area (TPSA) is 88.8 Å². The van der Waals surface area contributed by atoms with Crippen molar-refractivity contribution in [1.82, 2.24) is 0 Å². The third-order valence-electron chi connectivity index (χ3n) is 3.41. The summed E-state index contributed by atoms with van der Waals surface area (Å²) in [5.74, 6) is 0.971. The minimum atomic E-state index is 0.203. The van der Waals surface area contributed by atoms with E-state index in [0.717, 1.165) is 12.1 Å². The van der Waals surface area contributed by atoms with Crippen molar-refractivity contribution in [3.63, 3.8) is 0 Å². The fourth-order valence-electron chi connectivity index (χ4n) is 2.01. The molecule has 6 heteroatoms. The molecule has 5 nitrogen and oxygen atoms in total. The van der Waals surface area contributed by atoms with Gasteiger partial charge in [-0.15, -0.1) is 0 Å². The monoisotopic (exact) mass is 323 g/mol. The Bertz CT molecular complexity index is 496. The molecule has 0 unspecified atom stereocenters. The first kappa shape index (κ1) is 18.3. The summed E-state index contributed by atoms with van der Waals surface area (Å²) < 4.78 is 0. The highest BCUT2D eigenvalue weighted by atomic mass is 35.5. The maximum absolute atomic E-state index is 5.82. The molecule has 0 saturated heterocycles. The summed E-state index contributed by atoms with van der Waals surface area (Å²) in [4.78, 5) is 8.37. The number of halogens is 1. The molecule has 0 amide bonds. The molecule has 122 valence electrons. The smallest absolute Gasteiger partial charge is 0.218 e. The molecule has 22 heavy (non-hydrogen) atoms. The van der Waals surface area contributed by atoms with Gasteiger partial charge in [0.15, 0.2) is 0 Å². The van der Waals surface area contributed by atoms with Crippen molar-refractivity contribution < 1.29 is 0 Å². The predicted octanol–water partition coefficient (Wildman–Crippen LogP) is 3.60. The van der Waals surface area contributed by atoms with E-state index >= 15 is 0 Å². The zero-order valence-electron chi connectivity index (χ0n) is 13.3. The van der Waals surface area contributed by atoms with E-state index in [1.54, 1.807) is 12.1 Å². The van der Waals surface area contributed by atoms with Crippen LogP contribution in [-0.4, -0.2) is 18.5 Å². The van der Waals surface area contributed by atoms with Crippen molar-refractivity contribution in [3.05, 3.63) is 29.3 Å². The molecule has 0 fully saturated rings. The van der Waals surface area contributed by atoms with Crippen LogP contribution < -0.4 is 16.8 Å². The first-order chi connectivity index (χ1) is 10.5. The van der Waals surface area contributed by atoms with Gasteiger partial charge in [0.05, 0.1) is 0 Å².